The summed E-state index contributed by atoms with van der Waals surface area (Å²) in [6.45, 7) is 3.51. The number of hydrogen-bond acceptors (Lipinski definition) is 6. The summed E-state index contributed by atoms with van der Waals surface area (Å²) in [7, 11) is 0. The number of hydrogen-bond donors (Lipinski definition) is 2. The Morgan fingerprint density at radius 2 is 2.03 bits per heavy atom. The molecular weight excluding hydrogens is 469 g/mol. The zero-order valence-electron chi connectivity index (χ0n) is 19.3. The number of anilines is 3. The SMILES string of the molecule is O=C(/C=C/CN1CCCC1)Nc1cc2c(Nc3ccc(F)c(Cl)c3)ncnc2cc1OCC1CC1. The first-order valence-electron chi connectivity index (χ1n) is 11.9. The van der Waals surface area contributed by atoms with Crippen LogP contribution in [-0.2, 0) is 4.79 Å². The van der Waals surface area contributed by atoms with Gasteiger partial charge in [-0.05, 0) is 69.0 Å². The maximum Gasteiger partial charge on any atom is 0.248 e. The van der Waals surface area contributed by atoms with Crippen molar-refractivity contribution in [3.05, 3.63) is 59.7 Å². The van der Waals surface area contributed by atoms with E-state index in [-0.39, 0.29) is 10.9 Å². The molecule has 1 aliphatic carbocycles. The normalized spacial score (nSPS) is 16.2. The minimum absolute atomic E-state index is 0.0118. The summed E-state index contributed by atoms with van der Waals surface area (Å²) in [6.07, 6.45) is 9.63. The Morgan fingerprint density at radius 1 is 1.20 bits per heavy atom. The van der Waals surface area contributed by atoms with Crippen LogP contribution >= 0.6 is 11.6 Å². The molecule has 1 aliphatic heterocycles. The fraction of sp³-hybridized carbons (Fsp3) is 0.346. The summed E-state index contributed by atoms with van der Waals surface area (Å²) in [5.74, 6) is 0.911. The van der Waals surface area contributed by atoms with E-state index in [0.29, 0.717) is 46.4 Å². The van der Waals surface area contributed by atoms with E-state index in [1.807, 2.05) is 12.1 Å². The zero-order valence-corrected chi connectivity index (χ0v) is 20.0. The molecule has 2 aliphatic rings. The Hall–Kier alpha value is -3.23. The third kappa shape index (κ3) is 6.07. The van der Waals surface area contributed by atoms with Gasteiger partial charge in [-0.15, -0.1) is 0 Å². The topological polar surface area (TPSA) is 79.4 Å². The standard InChI is InChI=1S/C26H27ClFN5O2/c27-20-12-18(7-8-21(20)28)31-26-19-13-23(32-25(34)4-3-11-33-9-1-2-10-33)24(35-15-17-5-6-17)14-22(19)29-16-30-26/h3-4,7-8,12-14,16-17H,1-2,5-6,9-11,15H2,(H,32,34)(H,29,30,31)/b4-3+. The van der Waals surface area contributed by atoms with Crippen molar-refractivity contribution in [1.82, 2.24) is 14.9 Å². The molecule has 0 spiro atoms. The Labute approximate surface area is 208 Å². The fourth-order valence-electron chi connectivity index (χ4n) is 4.05. The molecule has 2 fully saturated rings. The number of halogens is 2. The van der Waals surface area contributed by atoms with Crippen LogP contribution in [0.15, 0.2) is 48.8 Å². The summed E-state index contributed by atoms with van der Waals surface area (Å²) >= 11 is 5.93. The lowest BCUT2D eigenvalue weighted by atomic mass is 10.1. The smallest absolute Gasteiger partial charge is 0.248 e. The number of rotatable bonds is 9. The molecule has 2 aromatic carbocycles. The number of ether oxygens (including phenoxy) is 1. The Bertz CT molecular complexity index is 1260. The molecular formula is C26H27ClFN5O2. The van der Waals surface area contributed by atoms with Gasteiger partial charge in [0.1, 0.15) is 23.7 Å². The van der Waals surface area contributed by atoms with Crippen molar-refractivity contribution in [2.24, 2.45) is 5.92 Å². The molecule has 0 radical (unpaired) electrons. The van der Waals surface area contributed by atoms with E-state index in [1.165, 1.54) is 31.3 Å². The molecule has 1 saturated heterocycles. The highest BCUT2D eigenvalue weighted by Crippen LogP contribution is 2.36. The maximum absolute atomic E-state index is 13.6. The average Bonchev–Trinajstić information content (AvgIpc) is 3.53. The largest absolute Gasteiger partial charge is 0.491 e. The van der Waals surface area contributed by atoms with E-state index >= 15 is 0 Å². The van der Waals surface area contributed by atoms with Crippen LogP contribution in [0, 0.1) is 11.7 Å². The molecule has 0 unspecified atom stereocenters. The molecule has 0 atom stereocenters. The monoisotopic (exact) mass is 495 g/mol. The number of nitrogens with zero attached hydrogens (tertiary/aromatic N) is 3. The molecule has 5 rings (SSSR count). The average molecular weight is 496 g/mol. The minimum Gasteiger partial charge on any atom is -0.491 e. The van der Waals surface area contributed by atoms with Crippen LogP contribution < -0.4 is 15.4 Å². The molecule has 1 saturated carbocycles. The van der Waals surface area contributed by atoms with Crippen molar-refractivity contribution >= 4 is 45.6 Å². The molecule has 3 aromatic rings. The second kappa shape index (κ2) is 10.6. The number of amides is 1. The van der Waals surface area contributed by atoms with Gasteiger partial charge in [0.05, 0.1) is 22.8 Å². The molecule has 1 amide bonds. The van der Waals surface area contributed by atoms with Gasteiger partial charge < -0.3 is 15.4 Å². The Balaban J connectivity index is 1.40. The number of carbonyl (C=O) groups is 1. The Kier molecular flexibility index (Phi) is 7.11. The van der Waals surface area contributed by atoms with Crippen LogP contribution in [0.5, 0.6) is 5.75 Å². The molecule has 1 aromatic heterocycles. The highest BCUT2D eigenvalue weighted by atomic mass is 35.5. The van der Waals surface area contributed by atoms with Crippen LogP contribution in [0.1, 0.15) is 25.7 Å². The molecule has 2 heterocycles. The summed E-state index contributed by atoms with van der Waals surface area (Å²) < 4.78 is 19.6. The van der Waals surface area contributed by atoms with Crippen molar-refractivity contribution in [3.63, 3.8) is 0 Å². The minimum atomic E-state index is -0.495. The van der Waals surface area contributed by atoms with E-state index < -0.39 is 5.82 Å². The van der Waals surface area contributed by atoms with Crippen LogP contribution in [0.4, 0.5) is 21.6 Å². The van der Waals surface area contributed by atoms with Crippen LogP contribution in [-0.4, -0.2) is 47.0 Å². The summed E-state index contributed by atoms with van der Waals surface area (Å²) in [5.41, 5.74) is 1.79. The molecule has 182 valence electrons. The maximum atomic E-state index is 13.6. The first kappa shape index (κ1) is 23.5. The second-order valence-electron chi connectivity index (χ2n) is 9.00. The van der Waals surface area contributed by atoms with E-state index in [4.69, 9.17) is 16.3 Å². The number of benzene rings is 2. The molecule has 2 N–H and O–H groups in total. The van der Waals surface area contributed by atoms with Gasteiger partial charge in [0.2, 0.25) is 5.91 Å². The van der Waals surface area contributed by atoms with Gasteiger partial charge >= 0.3 is 0 Å². The predicted molar refractivity (Wildman–Crippen MR) is 136 cm³/mol. The second-order valence-corrected chi connectivity index (χ2v) is 9.40. The highest BCUT2D eigenvalue weighted by molar-refractivity contribution is 6.31. The van der Waals surface area contributed by atoms with Crippen LogP contribution in [0.3, 0.4) is 0 Å². The quantitative estimate of drug-likeness (QED) is 0.379. The van der Waals surface area contributed by atoms with E-state index in [0.717, 1.165) is 32.5 Å². The number of likely N-dealkylation sites (tertiary alicyclic amines) is 1. The zero-order chi connectivity index (χ0) is 24.2. The van der Waals surface area contributed by atoms with Gasteiger partial charge in [0.15, 0.2) is 0 Å². The third-order valence-corrected chi connectivity index (χ3v) is 6.47. The van der Waals surface area contributed by atoms with Gasteiger partial charge in [-0.1, -0.05) is 17.7 Å². The van der Waals surface area contributed by atoms with Crippen LogP contribution in [0.25, 0.3) is 10.9 Å². The van der Waals surface area contributed by atoms with E-state index in [2.05, 4.69) is 25.5 Å². The fourth-order valence-corrected chi connectivity index (χ4v) is 4.23. The van der Waals surface area contributed by atoms with Crippen molar-refractivity contribution in [3.8, 4) is 5.75 Å². The third-order valence-electron chi connectivity index (χ3n) is 6.18. The van der Waals surface area contributed by atoms with Crippen molar-refractivity contribution in [2.45, 2.75) is 25.7 Å². The van der Waals surface area contributed by atoms with E-state index in [9.17, 15) is 9.18 Å². The van der Waals surface area contributed by atoms with Crippen molar-refractivity contribution < 1.29 is 13.9 Å². The van der Waals surface area contributed by atoms with Gasteiger partial charge in [0.25, 0.3) is 0 Å². The molecule has 0 bridgehead atoms. The van der Waals surface area contributed by atoms with Gasteiger partial charge in [-0.2, -0.15) is 0 Å². The molecule has 7 nitrogen and oxygen atoms in total. The Morgan fingerprint density at radius 3 is 2.80 bits per heavy atom. The van der Waals surface area contributed by atoms with Crippen molar-refractivity contribution in [2.75, 3.05) is 36.9 Å². The van der Waals surface area contributed by atoms with Crippen LogP contribution in [0.2, 0.25) is 5.02 Å². The number of carbonyl (C=O) groups excluding carboxylic acids is 1. The predicted octanol–water partition coefficient (Wildman–Crippen LogP) is 5.55. The molecule has 35 heavy (non-hydrogen) atoms. The summed E-state index contributed by atoms with van der Waals surface area (Å²) in [4.78, 5) is 23.8. The highest BCUT2D eigenvalue weighted by Gasteiger charge is 2.23. The first-order chi connectivity index (χ1) is 17.0. The summed E-state index contributed by atoms with van der Waals surface area (Å²) in [5, 5.41) is 6.82. The van der Waals surface area contributed by atoms with E-state index in [1.54, 1.807) is 18.2 Å². The summed E-state index contributed by atoms with van der Waals surface area (Å²) in [6, 6.07) is 7.98. The lowest BCUT2D eigenvalue weighted by Crippen LogP contribution is -2.19. The van der Waals surface area contributed by atoms with Gasteiger partial charge in [0, 0.05) is 29.8 Å². The number of aromatic nitrogens is 2. The molecule has 9 heteroatoms. The first-order valence-corrected chi connectivity index (χ1v) is 12.3. The number of fused-ring (bicyclic) bond motifs is 1. The van der Waals surface area contributed by atoms with Gasteiger partial charge in [-0.25, -0.2) is 14.4 Å². The van der Waals surface area contributed by atoms with Gasteiger partial charge in [-0.3, -0.25) is 9.69 Å². The number of nitrogens with one attached hydrogen (secondary N) is 2. The lowest BCUT2D eigenvalue weighted by molar-refractivity contribution is -0.111. The van der Waals surface area contributed by atoms with Crippen molar-refractivity contribution in [1.29, 1.82) is 0 Å². The lowest BCUT2D eigenvalue weighted by Gasteiger charge is -2.15.